The van der Waals surface area contributed by atoms with Crippen LogP contribution in [-0.2, 0) is 154 Å². The smallest absolute Gasteiger partial charge is 0.323 e. The van der Waals surface area contributed by atoms with Crippen molar-refractivity contribution in [3.8, 4) is 0 Å². The third-order valence-electron chi connectivity index (χ3n) is 11.0. The minimum atomic E-state index is -1.11. The third kappa shape index (κ3) is 45.1. The van der Waals surface area contributed by atoms with Gasteiger partial charge in [0, 0.05) is 156 Å². The quantitative estimate of drug-likeness (QED) is 0.0248. The molecule has 1 amide bonds. The van der Waals surface area contributed by atoms with Gasteiger partial charge < -0.3 is 89.0 Å². The van der Waals surface area contributed by atoms with E-state index in [0.717, 1.165) is 16.0 Å². The van der Waals surface area contributed by atoms with Crippen LogP contribution in [0.5, 0.6) is 0 Å². The fourth-order valence-electron chi connectivity index (χ4n) is 6.66. The van der Waals surface area contributed by atoms with Crippen LogP contribution >= 0.6 is 0 Å². The number of hydrogen-bond donors (Lipinski definition) is 6. The molecule has 0 saturated heterocycles. The summed E-state index contributed by atoms with van der Waals surface area (Å²) in [7, 11) is 0. The molecule has 93 heavy (non-hydrogen) atoms. The fourth-order valence-corrected chi connectivity index (χ4v) is 6.66. The van der Waals surface area contributed by atoms with E-state index in [4.69, 9.17) is 50.9 Å². The SMILES string of the molecule is C.CC(=O)C(C)=O.CC(=O)CN.CC(=O)Cn1c(C)c(C)nc(C)c1=O.CC(=O)Cn1c(C)c(C)nc([NH-])c1=O.Cc1cnc([NH-])c(=O)n1CC(=O)NC(C)(C)CC(C)(C)CON=C(N)N.Cc1cnc([NH-])c(=O)n1CC(=O)O.[C-]#[N+]C(C)NCC(C)=O.[NH2-].[W].[W].[W].[W]. The first-order valence-corrected chi connectivity index (χ1v) is 26.2. The molecule has 0 saturated carbocycles. The summed E-state index contributed by atoms with van der Waals surface area (Å²) in [4.78, 5) is 154. The molecule has 522 valence electrons. The standard InChI is InChI=1S/C16H29N7O3.C10H14N2O2.C9H12N3O2.C7H9N3O3.C6H10N2O.C4H6O2.C3H7NO.CH4.H2N.4W/c1-10-6-20-12(17)13(25)23(10)7-11(24)21-16(4,5)8-15(2,3)9-26-22-14(18)19;1-6(13)5-12-9(4)7(2)11-8(3)10(12)14;1-5(13)4-12-7(3)6(2)11-8(10)9(12)14;1-4-2-9-6(8)7(13)10(4)3-5(11)12;1-5(9)4-8-6(2)7-3;1-3(5)4(2)6;1-3(5)2-4;;;;;;/h6H,7-9H2,1-5H3,(H7,17,18,19,20,21,22,24);5H2,1-4H3;4H2,1-3H3,(H-,10,11);2H,3H2,1H3,(H3,8,9,11,12);6,8H,4H2,1-2H3;1-2H3;2,4H2,1H3;1H4;1H2;;;;/q;;-1;;;;;;-1;;;;/p-2. The number of amides is 1. The number of guanidine groups is 1. The zero-order chi connectivity index (χ0) is 68.6. The molecule has 0 aliphatic rings. The summed E-state index contributed by atoms with van der Waals surface area (Å²) in [6.45, 7) is 36.5. The second-order valence-corrected chi connectivity index (χ2v) is 20.8. The molecule has 4 aromatic heterocycles. The number of nitrogens with one attached hydrogen (secondary N) is 5. The number of carbonyl (C=O) groups is 8. The van der Waals surface area contributed by atoms with Gasteiger partial charge in [-0.1, -0.05) is 33.7 Å². The van der Waals surface area contributed by atoms with Crippen LogP contribution in [0.1, 0.15) is 130 Å². The average Bonchev–Trinajstić information content (AvgIpc) is 3.19. The van der Waals surface area contributed by atoms with E-state index in [1.165, 1.54) is 67.6 Å². The number of ketones is 6. The van der Waals surface area contributed by atoms with E-state index in [0.29, 0.717) is 41.4 Å². The van der Waals surface area contributed by atoms with Crippen LogP contribution in [0.25, 0.3) is 28.2 Å². The molecule has 1 atom stereocenters. The van der Waals surface area contributed by atoms with Crippen LogP contribution in [0.3, 0.4) is 0 Å². The van der Waals surface area contributed by atoms with E-state index in [2.05, 4.69) is 40.6 Å². The molecule has 37 heteroatoms. The molecular weight excluding hydrogens is 1900 g/mol. The van der Waals surface area contributed by atoms with Gasteiger partial charge >= 0.3 is 5.97 Å². The van der Waals surface area contributed by atoms with Crippen molar-refractivity contribution in [1.29, 1.82) is 0 Å². The van der Waals surface area contributed by atoms with Gasteiger partial charge in [-0.05, 0) is 107 Å². The first kappa shape index (κ1) is 105. The van der Waals surface area contributed by atoms with Crippen LogP contribution in [-0.4, -0.2) is 127 Å². The number of carbonyl (C=O) groups excluding carboxylic acids is 7. The Morgan fingerprint density at radius 3 is 1.35 bits per heavy atom. The third-order valence-corrected chi connectivity index (χ3v) is 11.0. The molecule has 4 rings (SSSR count). The molecule has 0 aromatic carbocycles. The van der Waals surface area contributed by atoms with Gasteiger partial charge in [0.25, 0.3) is 11.7 Å². The van der Waals surface area contributed by atoms with Crippen LogP contribution < -0.4 is 50.1 Å². The Labute approximate surface area is 599 Å². The van der Waals surface area contributed by atoms with Gasteiger partial charge in [-0.15, -0.1) is 0 Å². The van der Waals surface area contributed by atoms with Gasteiger partial charge in [0.15, 0.2) is 11.6 Å². The van der Waals surface area contributed by atoms with E-state index in [1.54, 1.807) is 48.5 Å². The zero-order valence-electron chi connectivity index (χ0n) is 55.1. The zero-order valence-corrected chi connectivity index (χ0v) is 66.8. The minimum absolute atomic E-state index is 0. The number of nitrogens with zero attached hydrogens (tertiary/aromatic N) is 10. The summed E-state index contributed by atoms with van der Waals surface area (Å²) in [5.41, 5.74) is 38.5. The Hall–Kier alpha value is -6.93. The predicted molar refractivity (Wildman–Crippen MR) is 338 cm³/mol. The van der Waals surface area contributed by atoms with Crippen molar-refractivity contribution in [3.63, 3.8) is 0 Å². The largest absolute Gasteiger partial charge is 0.693 e. The second-order valence-electron chi connectivity index (χ2n) is 20.8. The number of carboxylic acid groups (broad SMARTS) is 1. The molecule has 1 unspecified atom stereocenters. The molecule has 0 fully saturated rings. The van der Waals surface area contributed by atoms with Crippen molar-refractivity contribution < 1.29 is 133 Å². The molecule has 0 aliphatic heterocycles. The Bertz CT molecular complexity index is 3320. The van der Waals surface area contributed by atoms with Crippen molar-refractivity contribution in [1.82, 2.24) is 48.8 Å². The van der Waals surface area contributed by atoms with E-state index in [9.17, 15) is 57.5 Å². The molecule has 4 aromatic rings. The van der Waals surface area contributed by atoms with E-state index in [1.807, 2.05) is 34.6 Å². The average molecular weight is 1990 g/mol. The summed E-state index contributed by atoms with van der Waals surface area (Å²) in [6.07, 6.45) is 3.03. The summed E-state index contributed by atoms with van der Waals surface area (Å²) in [5, 5.41) is 17.6. The molecule has 0 spiro atoms. The van der Waals surface area contributed by atoms with Crippen molar-refractivity contribution in [2.45, 2.75) is 176 Å². The van der Waals surface area contributed by atoms with E-state index < -0.39 is 40.5 Å². The van der Waals surface area contributed by atoms with Gasteiger partial charge in [-0.25, -0.2) is 11.9 Å². The van der Waals surface area contributed by atoms with Crippen LogP contribution in [0, 0.1) is 60.5 Å². The number of aryl methyl sites for hydroxylation is 5. The number of aromatic nitrogens is 8. The second kappa shape index (κ2) is 51.5. The summed E-state index contributed by atoms with van der Waals surface area (Å²) < 4.78 is 4.98. The maximum atomic E-state index is 12.4. The number of carboxylic acids is 1. The number of nitrogens with two attached hydrogens (primary N) is 4. The predicted octanol–water partition coefficient (Wildman–Crippen LogP) is 4.43. The first-order chi connectivity index (χ1) is 39.8. The molecule has 0 aliphatic carbocycles. The maximum absolute atomic E-state index is 12.4. The van der Waals surface area contributed by atoms with E-state index in [-0.39, 0.29) is 206 Å². The van der Waals surface area contributed by atoms with Crippen LogP contribution in [0.2, 0.25) is 0 Å². The maximum Gasteiger partial charge on any atom is 0.323 e. The molecule has 0 radical (unpaired) electrons. The Morgan fingerprint density at radius 1 is 0.634 bits per heavy atom. The summed E-state index contributed by atoms with van der Waals surface area (Å²) in [6, 6.07) is 0. The topological polar surface area (TPSA) is 529 Å². The van der Waals surface area contributed by atoms with Crippen LogP contribution in [0.15, 0.2) is 36.7 Å². The van der Waals surface area contributed by atoms with Crippen molar-refractivity contribution in [2.24, 2.45) is 27.8 Å². The fraction of sp³-hybridized carbons (Fsp3) is 0.536. The van der Waals surface area contributed by atoms with Gasteiger partial charge in [-0.2, -0.15) is 0 Å². The van der Waals surface area contributed by atoms with Crippen molar-refractivity contribution >= 4 is 70.0 Å². The molecule has 33 nitrogen and oxygen atoms in total. The first-order valence-electron chi connectivity index (χ1n) is 26.2. The molecule has 4 heterocycles. The number of hydrogen-bond acceptors (Lipinski definition) is 20. The van der Waals surface area contributed by atoms with Gasteiger partial charge in [0.2, 0.25) is 28.5 Å². The molecular formula is C56H91N19O14W4-4. The molecule has 14 N–H and O–H groups in total. The van der Waals surface area contributed by atoms with Gasteiger partial charge in [0.05, 0.1) is 31.9 Å². The monoisotopic (exact) mass is 1990 g/mol. The Kier molecular flexibility index (Phi) is 58.1. The van der Waals surface area contributed by atoms with Crippen molar-refractivity contribution in [2.75, 3.05) is 19.7 Å². The van der Waals surface area contributed by atoms with Crippen molar-refractivity contribution in [3.05, 3.63) is 128 Å². The normalized spacial score (nSPS) is 9.83. The summed E-state index contributed by atoms with van der Waals surface area (Å²) in [5.74, 6) is -3.54. The van der Waals surface area contributed by atoms with Gasteiger partial charge in [-0.3, -0.25) is 67.4 Å². The number of oxime groups is 1. The number of rotatable bonds is 19. The minimum Gasteiger partial charge on any atom is -0.693 e. The Balaban J connectivity index is -0.000000132. The summed E-state index contributed by atoms with van der Waals surface area (Å²) >= 11 is 0. The molecule has 0 bridgehead atoms. The number of aliphatic carboxylic acids is 1. The van der Waals surface area contributed by atoms with Crippen LogP contribution in [0.4, 0.5) is 17.5 Å². The van der Waals surface area contributed by atoms with E-state index >= 15 is 0 Å². The van der Waals surface area contributed by atoms with Gasteiger partial charge in [0.1, 0.15) is 48.5 Å². The number of Topliss-reactive ketones (excluding diaryl/α,β-unsaturated/α-hetero) is 6. The Morgan fingerprint density at radius 2 is 1.01 bits per heavy atom.